The summed E-state index contributed by atoms with van der Waals surface area (Å²) in [6.07, 6.45) is 1.57. The molecule has 0 aliphatic heterocycles. The Morgan fingerprint density at radius 3 is 2.50 bits per heavy atom. The zero-order valence-corrected chi connectivity index (χ0v) is 24.7. The number of aromatic nitrogens is 2. The van der Waals surface area contributed by atoms with E-state index in [1.807, 2.05) is 61.5 Å². The summed E-state index contributed by atoms with van der Waals surface area (Å²) < 4.78 is 25.3. The Kier molecular flexibility index (Phi) is 7.50. The number of methoxy groups -OCH3 is 2. The molecule has 0 aliphatic carbocycles. The van der Waals surface area contributed by atoms with Crippen LogP contribution in [0.5, 0.6) is 17.2 Å². The highest BCUT2D eigenvalue weighted by Crippen LogP contribution is 2.37. The first kappa shape index (κ1) is 27.3. The summed E-state index contributed by atoms with van der Waals surface area (Å²) in [5, 5.41) is 5.77. The van der Waals surface area contributed by atoms with E-state index in [2.05, 4.69) is 21.0 Å². The van der Waals surface area contributed by atoms with E-state index in [0.29, 0.717) is 56.1 Å². The van der Waals surface area contributed by atoms with E-state index in [4.69, 9.17) is 23.6 Å². The maximum absolute atomic E-state index is 13.7. The van der Waals surface area contributed by atoms with Crippen LogP contribution in [0.3, 0.4) is 0 Å². The highest BCUT2D eigenvalue weighted by Gasteiger charge is 2.18. The summed E-state index contributed by atoms with van der Waals surface area (Å²) >= 11 is 3.61. The van der Waals surface area contributed by atoms with Crippen LogP contribution in [0.15, 0.2) is 104 Å². The molecule has 4 aromatic carbocycles. The van der Waals surface area contributed by atoms with Gasteiger partial charge in [0.2, 0.25) is 5.82 Å². The number of rotatable bonds is 8. The van der Waals surface area contributed by atoms with E-state index in [1.54, 1.807) is 50.8 Å². The van der Waals surface area contributed by atoms with Crippen LogP contribution in [0.4, 0.5) is 0 Å². The first-order chi connectivity index (χ1) is 20.4. The molecular weight excluding hydrogens is 598 g/mol. The maximum atomic E-state index is 13.7. The largest absolute Gasteiger partial charge is 0.496 e. The highest BCUT2D eigenvalue weighted by atomic mass is 79.9. The molecule has 0 aliphatic rings. The number of fused-ring (bicyclic) bond motifs is 2. The number of furan rings is 1. The molecule has 0 saturated heterocycles. The lowest BCUT2D eigenvalue weighted by Gasteiger charge is -2.14. The molecule has 0 unspecified atom stereocenters. The van der Waals surface area contributed by atoms with Crippen LogP contribution in [-0.2, 0) is 6.61 Å². The SMILES string of the molecule is COc1cc(C=Nn2c(-c3cc4c(OC)cccc4o3)nc3ccccc3c2=O)cc(Br)c1OCc1ccc(C)cc1. The average molecular weight is 624 g/mol. The Hall–Kier alpha value is -4.89. The molecule has 6 rings (SSSR count). The van der Waals surface area contributed by atoms with Gasteiger partial charge in [0.1, 0.15) is 17.9 Å². The molecule has 2 heterocycles. The van der Waals surface area contributed by atoms with Gasteiger partial charge in [0, 0.05) is 0 Å². The molecule has 2 aromatic heterocycles. The molecule has 42 heavy (non-hydrogen) atoms. The summed E-state index contributed by atoms with van der Waals surface area (Å²) in [5.74, 6) is 2.39. The predicted molar refractivity (Wildman–Crippen MR) is 167 cm³/mol. The van der Waals surface area contributed by atoms with Gasteiger partial charge < -0.3 is 18.6 Å². The third-order valence-electron chi connectivity index (χ3n) is 6.79. The van der Waals surface area contributed by atoms with Gasteiger partial charge >= 0.3 is 0 Å². The Labute approximate surface area is 249 Å². The molecule has 0 amide bonds. The number of hydrogen-bond donors (Lipinski definition) is 0. The Balaban J connectivity index is 1.40. The third kappa shape index (κ3) is 5.26. The first-order valence-electron chi connectivity index (χ1n) is 13.1. The second-order valence-electron chi connectivity index (χ2n) is 9.61. The van der Waals surface area contributed by atoms with Gasteiger partial charge in [0.15, 0.2) is 17.3 Å². The van der Waals surface area contributed by atoms with Gasteiger partial charge in [-0.15, -0.1) is 0 Å². The molecule has 210 valence electrons. The lowest BCUT2D eigenvalue weighted by atomic mass is 10.2. The topological polar surface area (TPSA) is 88.1 Å². The second kappa shape index (κ2) is 11.5. The summed E-state index contributed by atoms with van der Waals surface area (Å²) in [6, 6.07) is 26.3. The molecule has 0 radical (unpaired) electrons. The standard InChI is InChI=1S/C33H26BrN3O5/c1-20-11-13-21(14-12-20)19-41-31-25(34)15-22(16-29(31)40-3)18-35-37-32(36-26-8-5-4-7-23(26)33(37)38)30-17-24-27(39-2)9-6-10-28(24)42-30/h4-18H,19H2,1-3H3. The number of benzene rings is 4. The lowest BCUT2D eigenvalue weighted by molar-refractivity contribution is 0.282. The number of hydrogen-bond acceptors (Lipinski definition) is 7. The van der Waals surface area contributed by atoms with E-state index in [0.717, 1.165) is 10.9 Å². The van der Waals surface area contributed by atoms with E-state index in [1.165, 1.54) is 10.2 Å². The minimum Gasteiger partial charge on any atom is -0.496 e. The van der Waals surface area contributed by atoms with Gasteiger partial charge in [-0.1, -0.05) is 48.0 Å². The zero-order valence-electron chi connectivity index (χ0n) is 23.1. The van der Waals surface area contributed by atoms with Crippen LogP contribution in [0.2, 0.25) is 0 Å². The zero-order chi connectivity index (χ0) is 29.2. The minimum atomic E-state index is -0.330. The number of aryl methyl sites for hydroxylation is 1. The van der Waals surface area contributed by atoms with Gasteiger partial charge in [-0.05, 0) is 76.4 Å². The molecule has 0 atom stereocenters. The van der Waals surface area contributed by atoms with E-state index >= 15 is 0 Å². The Bertz CT molecular complexity index is 2010. The average Bonchev–Trinajstić information content (AvgIpc) is 3.45. The van der Waals surface area contributed by atoms with Crippen LogP contribution >= 0.6 is 15.9 Å². The van der Waals surface area contributed by atoms with Crippen LogP contribution in [0, 0.1) is 6.92 Å². The summed E-state index contributed by atoms with van der Waals surface area (Å²) in [4.78, 5) is 18.4. The fraction of sp³-hybridized carbons (Fsp3) is 0.121. The molecule has 9 heteroatoms. The van der Waals surface area contributed by atoms with E-state index < -0.39 is 0 Å². The van der Waals surface area contributed by atoms with Gasteiger partial charge in [-0.3, -0.25) is 4.79 Å². The quantitative estimate of drug-likeness (QED) is 0.165. The van der Waals surface area contributed by atoms with Crippen LogP contribution in [0.25, 0.3) is 33.5 Å². The highest BCUT2D eigenvalue weighted by molar-refractivity contribution is 9.10. The number of halogens is 1. The molecule has 0 fully saturated rings. The summed E-state index contributed by atoms with van der Waals surface area (Å²) in [6.45, 7) is 2.43. The number of para-hydroxylation sites is 1. The van der Waals surface area contributed by atoms with Crippen molar-refractivity contribution in [1.82, 2.24) is 9.66 Å². The maximum Gasteiger partial charge on any atom is 0.282 e. The van der Waals surface area contributed by atoms with Crippen molar-refractivity contribution in [2.45, 2.75) is 13.5 Å². The molecular formula is C33H26BrN3O5. The third-order valence-corrected chi connectivity index (χ3v) is 7.38. The van der Waals surface area contributed by atoms with Crippen molar-refractivity contribution in [3.63, 3.8) is 0 Å². The van der Waals surface area contributed by atoms with Crippen molar-refractivity contribution < 1.29 is 18.6 Å². The fourth-order valence-electron chi connectivity index (χ4n) is 4.63. The normalized spacial score (nSPS) is 11.4. The molecule has 6 aromatic rings. The predicted octanol–water partition coefficient (Wildman–Crippen LogP) is 7.36. The first-order valence-corrected chi connectivity index (χ1v) is 13.9. The molecule has 0 spiro atoms. The smallest absolute Gasteiger partial charge is 0.282 e. The molecule has 8 nitrogen and oxygen atoms in total. The number of ether oxygens (including phenoxy) is 3. The van der Waals surface area contributed by atoms with Crippen molar-refractivity contribution >= 4 is 44.0 Å². The monoisotopic (exact) mass is 623 g/mol. The summed E-state index contributed by atoms with van der Waals surface area (Å²) in [5.41, 5.74) is 3.72. The van der Waals surface area contributed by atoms with Crippen molar-refractivity contribution in [3.05, 3.63) is 116 Å². The molecule has 0 saturated carbocycles. The lowest BCUT2D eigenvalue weighted by Crippen LogP contribution is -2.20. The Morgan fingerprint density at radius 1 is 0.929 bits per heavy atom. The van der Waals surface area contributed by atoms with Crippen LogP contribution in [0.1, 0.15) is 16.7 Å². The van der Waals surface area contributed by atoms with Gasteiger partial charge in [-0.2, -0.15) is 9.78 Å². The van der Waals surface area contributed by atoms with Crippen LogP contribution in [-0.4, -0.2) is 30.1 Å². The van der Waals surface area contributed by atoms with E-state index in [9.17, 15) is 4.79 Å². The van der Waals surface area contributed by atoms with Crippen molar-refractivity contribution in [2.24, 2.45) is 5.10 Å². The Morgan fingerprint density at radius 2 is 1.71 bits per heavy atom. The minimum absolute atomic E-state index is 0.261. The van der Waals surface area contributed by atoms with Crippen molar-refractivity contribution in [2.75, 3.05) is 14.2 Å². The molecule has 0 bridgehead atoms. The van der Waals surface area contributed by atoms with Crippen molar-refractivity contribution in [3.8, 4) is 28.8 Å². The van der Waals surface area contributed by atoms with Gasteiger partial charge in [0.25, 0.3) is 5.56 Å². The van der Waals surface area contributed by atoms with Crippen LogP contribution < -0.4 is 19.8 Å². The van der Waals surface area contributed by atoms with E-state index in [-0.39, 0.29) is 11.4 Å². The van der Waals surface area contributed by atoms with Gasteiger partial charge in [-0.25, -0.2) is 4.98 Å². The molecule has 0 N–H and O–H groups in total. The fourth-order valence-corrected chi connectivity index (χ4v) is 5.21. The van der Waals surface area contributed by atoms with Gasteiger partial charge in [0.05, 0.1) is 41.2 Å². The number of nitrogens with zero attached hydrogens (tertiary/aromatic N) is 3. The second-order valence-corrected chi connectivity index (χ2v) is 10.5. The van der Waals surface area contributed by atoms with Crippen molar-refractivity contribution in [1.29, 1.82) is 0 Å². The summed E-state index contributed by atoms with van der Waals surface area (Å²) in [7, 11) is 3.17.